The van der Waals surface area contributed by atoms with Gasteiger partial charge in [-0.05, 0) is 61.0 Å². The zero-order valence-corrected chi connectivity index (χ0v) is 22.1. The maximum Gasteiger partial charge on any atom is 0.261 e. The Morgan fingerprint density at radius 1 is 1.06 bits per heavy atom. The van der Waals surface area contributed by atoms with Gasteiger partial charge in [-0.15, -0.1) is 18.3 Å². The first-order valence-electron chi connectivity index (χ1n) is 11.8. The van der Waals surface area contributed by atoms with Crippen LogP contribution < -0.4 is 0 Å². The van der Waals surface area contributed by atoms with Crippen molar-refractivity contribution in [1.29, 1.82) is 0 Å². The van der Waals surface area contributed by atoms with Crippen molar-refractivity contribution in [3.63, 3.8) is 0 Å². The Hall–Kier alpha value is -2.43. The molecule has 0 bridgehead atoms. The highest BCUT2D eigenvalue weighted by molar-refractivity contribution is 6.77. The van der Waals surface area contributed by atoms with Gasteiger partial charge >= 0.3 is 0 Å². The molecule has 3 nitrogen and oxygen atoms in total. The smallest absolute Gasteiger partial charge is 0.261 e. The van der Waals surface area contributed by atoms with E-state index in [0.717, 1.165) is 25.7 Å². The first kappa shape index (κ1) is 27.6. The lowest BCUT2D eigenvalue weighted by Gasteiger charge is -2.44. The fraction of sp³-hybridized carbons (Fsp3) is 0.536. The molecule has 0 fully saturated rings. The Bertz CT molecular complexity index is 816. The van der Waals surface area contributed by atoms with Gasteiger partial charge in [0.25, 0.3) is 14.2 Å². The van der Waals surface area contributed by atoms with Gasteiger partial charge < -0.3 is 4.43 Å². The zero-order valence-electron chi connectivity index (χ0n) is 21.1. The number of terminal acetylenes is 1. The Morgan fingerprint density at radius 3 is 2.16 bits per heavy atom. The van der Waals surface area contributed by atoms with Gasteiger partial charge in [0.2, 0.25) is 0 Å². The summed E-state index contributed by atoms with van der Waals surface area (Å²) in [5, 5.41) is 0. The SMILES string of the molecule is C#CCCCC/C=C(\O[Si](C(C)C)(C(C)C)C(C)C)N(CC#CC)C(=O)c1ccccc1. The molecule has 0 radical (unpaired) electrons. The first-order chi connectivity index (χ1) is 15.2. The molecule has 0 spiro atoms. The number of amides is 1. The highest BCUT2D eigenvalue weighted by Crippen LogP contribution is 2.44. The molecule has 0 N–H and O–H groups in total. The van der Waals surface area contributed by atoms with Crippen molar-refractivity contribution >= 4 is 14.2 Å². The summed E-state index contributed by atoms with van der Waals surface area (Å²) >= 11 is 0. The van der Waals surface area contributed by atoms with E-state index in [9.17, 15) is 4.79 Å². The third-order valence-corrected chi connectivity index (χ3v) is 12.0. The van der Waals surface area contributed by atoms with Crippen LogP contribution in [0.5, 0.6) is 0 Å². The Balaban J connectivity index is 3.47. The molecule has 1 amide bonds. The number of unbranched alkanes of at least 4 members (excludes halogenated alkanes) is 3. The maximum absolute atomic E-state index is 13.5. The highest BCUT2D eigenvalue weighted by atomic mass is 28.4. The quantitative estimate of drug-likeness (QED) is 0.144. The van der Waals surface area contributed by atoms with Crippen molar-refractivity contribution in [2.45, 2.75) is 90.8 Å². The third kappa shape index (κ3) is 7.32. The summed E-state index contributed by atoms with van der Waals surface area (Å²) in [6.07, 6.45) is 11.0. The number of rotatable bonds is 12. The normalized spacial score (nSPS) is 11.8. The second kappa shape index (κ2) is 13.9. The molecule has 1 aromatic carbocycles. The molecule has 32 heavy (non-hydrogen) atoms. The second-order valence-corrected chi connectivity index (χ2v) is 14.5. The molecule has 0 aliphatic rings. The van der Waals surface area contributed by atoms with Gasteiger partial charge in [0.15, 0.2) is 5.88 Å². The third-order valence-electron chi connectivity index (χ3n) is 6.03. The molecule has 0 unspecified atom stereocenters. The molecular formula is C28H41NO2Si. The van der Waals surface area contributed by atoms with Gasteiger partial charge in [-0.1, -0.05) is 65.7 Å². The van der Waals surface area contributed by atoms with Gasteiger partial charge in [0.1, 0.15) is 0 Å². The van der Waals surface area contributed by atoms with Crippen LogP contribution in [0.2, 0.25) is 16.6 Å². The molecule has 0 aliphatic heterocycles. The number of benzene rings is 1. The number of nitrogens with zero attached hydrogens (tertiary/aromatic N) is 1. The minimum Gasteiger partial charge on any atom is -0.531 e. The Morgan fingerprint density at radius 2 is 1.66 bits per heavy atom. The van der Waals surface area contributed by atoms with E-state index in [1.807, 2.05) is 30.3 Å². The number of hydrogen-bond acceptors (Lipinski definition) is 2. The number of hydrogen-bond donors (Lipinski definition) is 0. The molecule has 1 aromatic rings. The van der Waals surface area contributed by atoms with E-state index in [1.54, 1.807) is 11.8 Å². The Kier molecular flexibility index (Phi) is 12.0. The van der Waals surface area contributed by atoms with Crippen LogP contribution in [-0.4, -0.2) is 25.7 Å². The van der Waals surface area contributed by atoms with E-state index >= 15 is 0 Å². The van der Waals surface area contributed by atoms with E-state index in [1.165, 1.54) is 0 Å². The van der Waals surface area contributed by atoms with Crippen molar-refractivity contribution in [2.75, 3.05) is 6.54 Å². The van der Waals surface area contributed by atoms with E-state index in [-0.39, 0.29) is 5.91 Å². The van der Waals surface area contributed by atoms with Gasteiger partial charge in [0.05, 0.1) is 6.54 Å². The van der Waals surface area contributed by atoms with Crippen LogP contribution in [0, 0.1) is 24.2 Å². The zero-order chi connectivity index (χ0) is 24.1. The molecule has 4 heteroatoms. The monoisotopic (exact) mass is 451 g/mol. The minimum absolute atomic E-state index is 0.0811. The van der Waals surface area contributed by atoms with Gasteiger partial charge in [0, 0.05) is 12.0 Å². The van der Waals surface area contributed by atoms with Gasteiger partial charge in [-0.3, -0.25) is 9.69 Å². The molecule has 0 atom stereocenters. The van der Waals surface area contributed by atoms with Crippen molar-refractivity contribution in [1.82, 2.24) is 4.90 Å². The number of allylic oxidation sites excluding steroid dienone is 1. The van der Waals surface area contributed by atoms with Gasteiger partial charge in [-0.25, -0.2) is 0 Å². The fourth-order valence-electron chi connectivity index (χ4n) is 4.48. The van der Waals surface area contributed by atoms with Crippen LogP contribution in [0.3, 0.4) is 0 Å². The molecule has 0 saturated heterocycles. The van der Waals surface area contributed by atoms with Gasteiger partial charge in [-0.2, -0.15) is 0 Å². The average Bonchev–Trinajstić information content (AvgIpc) is 2.76. The van der Waals surface area contributed by atoms with Crippen LogP contribution in [0.15, 0.2) is 42.3 Å². The fourth-order valence-corrected chi connectivity index (χ4v) is 9.75. The van der Waals surface area contributed by atoms with E-state index < -0.39 is 8.32 Å². The largest absolute Gasteiger partial charge is 0.531 e. The van der Waals surface area contributed by atoms with Crippen LogP contribution in [-0.2, 0) is 4.43 Å². The topological polar surface area (TPSA) is 29.5 Å². The predicted octanol–water partition coefficient (Wildman–Crippen LogP) is 7.38. The molecule has 0 aliphatic carbocycles. The van der Waals surface area contributed by atoms with E-state index in [2.05, 4.69) is 65.4 Å². The number of carbonyl (C=O) groups excluding carboxylic acids is 1. The summed E-state index contributed by atoms with van der Waals surface area (Å²) in [5.41, 5.74) is 1.84. The summed E-state index contributed by atoms with van der Waals surface area (Å²) in [7, 11) is -2.26. The van der Waals surface area contributed by atoms with Crippen molar-refractivity contribution < 1.29 is 9.22 Å². The van der Waals surface area contributed by atoms with Crippen LogP contribution in [0.25, 0.3) is 0 Å². The second-order valence-electron chi connectivity index (χ2n) is 9.10. The maximum atomic E-state index is 13.5. The van der Waals surface area contributed by atoms with E-state index in [4.69, 9.17) is 10.8 Å². The molecule has 0 heterocycles. The van der Waals surface area contributed by atoms with Crippen molar-refractivity contribution in [3.05, 3.63) is 47.9 Å². The molecule has 1 rings (SSSR count). The summed E-state index contributed by atoms with van der Waals surface area (Å²) in [4.78, 5) is 15.3. The highest BCUT2D eigenvalue weighted by Gasteiger charge is 2.48. The van der Waals surface area contributed by atoms with Crippen molar-refractivity contribution in [2.24, 2.45) is 0 Å². The lowest BCUT2D eigenvalue weighted by molar-refractivity contribution is 0.0752. The first-order valence-corrected chi connectivity index (χ1v) is 13.9. The number of carbonyl (C=O) groups is 1. The van der Waals surface area contributed by atoms with E-state index in [0.29, 0.717) is 34.6 Å². The van der Waals surface area contributed by atoms with Crippen molar-refractivity contribution in [3.8, 4) is 24.2 Å². The average molecular weight is 452 g/mol. The molecule has 0 saturated carbocycles. The van der Waals surface area contributed by atoms with Crippen LogP contribution in [0.4, 0.5) is 0 Å². The Labute approximate surface area is 197 Å². The van der Waals surface area contributed by atoms with Crippen LogP contribution >= 0.6 is 0 Å². The summed E-state index contributed by atoms with van der Waals surface area (Å²) < 4.78 is 7.03. The summed E-state index contributed by atoms with van der Waals surface area (Å²) in [6.45, 7) is 15.6. The minimum atomic E-state index is -2.26. The molecular weight excluding hydrogens is 410 g/mol. The standard InChI is InChI=1S/C28H41NO2Si/c1-9-11-13-14-18-21-27(31-32(23(3)4,24(5)6)25(7)8)29(22-12-10-2)28(30)26-19-16-15-17-20-26/h1,15-17,19-21,23-25H,11,13-14,18,22H2,2-8H3/b27-21-. The molecule has 0 aromatic heterocycles. The lowest BCUT2D eigenvalue weighted by atomic mass is 10.2. The predicted molar refractivity (Wildman–Crippen MR) is 138 cm³/mol. The molecule has 174 valence electrons. The summed E-state index contributed by atoms with van der Waals surface area (Å²) in [6, 6.07) is 9.38. The lowest BCUT2D eigenvalue weighted by Crippen LogP contribution is -2.50. The van der Waals surface area contributed by atoms with Crippen LogP contribution in [0.1, 0.15) is 84.5 Å². The summed E-state index contributed by atoms with van der Waals surface area (Å²) in [5.74, 6) is 9.30.